The second-order valence-electron chi connectivity index (χ2n) is 4.62. The fraction of sp³-hybridized carbons (Fsp3) is 0.727. The van der Waals surface area contributed by atoms with Gasteiger partial charge in [0.25, 0.3) is 0 Å². The van der Waals surface area contributed by atoms with Gasteiger partial charge in [0.05, 0.1) is 14.7 Å². The number of hydrogen-bond acceptors (Lipinski definition) is 2. The van der Waals surface area contributed by atoms with Gasteiger partial charge >= 0.3 is 5.97 Å². The molecule has 0 spiro atoms. The summed E-state index contributed by atoms with van der Waals surface area (Å²) in [7, 11) is -1.08. The summed E-state index contributed by atoms with van der Waals surface area (Å²) >= 11 is 0. The second kappa shape index (κ2) is 6.01. The van der Waals surface area contributed by atoms with Gasteiger partial charge in [-0.2, -0.15) is 0 Å². The molecule has 3 heteroatoms. The first-order valence-electron chi connectivity index (χ1n) is 5.19. The number of hydrogen-bond donors (Lipinski definition) is 0. The molecule has 0 radical (unpaired) electrons. The van der Waals surface area contributed by atoms with Crippen LogP contribution in [0.5, 0.6) is 0 Å². The van der Waals surface area contributed by atoms with E-state index in [-0.39, 0.29) is 5.97 Å². The third-order valence-electron chi connectivity index (χ3n) is 2.94. The van der Waals surface area contributed by atoms with Gasteiger partial charge in [0.15, 0.2) is 0 Å². The molecule has 2 nitrogen and oxygen atoms in total. The predicted octanol–water partition coefficient (Wildman–Crippen LogP) is 3.22. The molecular formula is C11H22O2Si. The lowest BCUT2D eigenvalue weighted by molar-refractivity contribution is -0.137. The molecule has 0 aliphatic rings. The number of carbonyl (C=O) groups is 1. The minimum atomic E-state index is -1.08. The largest absolute Gasteiger partial charge is 0.463 e. The van der Waals surface area contributed by atoms with Gasteiger partial charge in [0, 0.05) is 6.08 Å². The molecule has 82 valence electrons. The Labute approximate surface area is 88.4 Å². The SMILES string of the molecule is C=CC(=O)OCCC[Si](C)(C)C(C)C. The second-order valence-corrected chi connectivity index (χ2v) is 10.3. The van der Waals surface area contributed by atoms with Crippen LogP contribution in [0.3, 0.4) is 0 Å². The average molecular weight is 214 g/mol. The van der Waals surface area contributed by atoms with Crippen LogP contribution in [0.25, 0.3) is 0 Å². The molecule has 0 rings (SSSR count). The van der Waals surface area contributed by atoms with Crippen LogP contribution < -0.4 is 0 Å². The number of esters is 1. The van der Waals surface area contributed by atoms with E-state index in [4.69, 9.17) is 4.74 Å². The van der Waals surface area contributed by atoms with Crippen LogP contribution in [-0.4, -0.2) is 20.7 Å². The Kier molecular flexibility index (Phi) is 5.77. The Morgan fingerprint density at radius 2 is 2.07 bits per heavy atom. The van der Waals surface area contributed by atoms with Crippen molar-refractivity contribution < 1.29 is 9.53 Å². The van der Waals surface area contributed by atoms with Crippen molar-refractivity contribution in [1.29, 1.82) is 0 Å². The van der Waals surface area contributed by atoms with E-state index in [2.05, 4.69) is 33.5 Å². The van der Waals surface area contributed by atoms with Gasteiger partial charge in [0.2, 0.25) is 0 Å². The maximum atomic E-state index is 10.7. The van der Waals surface area contributed by atoms with Crippen LogP contribution in [0.1, 0.15) is 20.3 Å². The molecule has 0 atom stereocenters. The molecule has 0 N–H and O–H groups in total. The van der Waals surface area contributed by atoms with Crippen molar-refractivity contribution in [2.45, 2.75) is 44.9 Å². The molecule has 0 aliphatic heterocycles. The first-order valence-corrected chi connectivity index (χ1v) is 8.48. The Morgan fingerprint density at radius 3 is 2.50 bits per heavy atom. The van der Waals surface area contributed by atoms with E-state index >= 15 is 0 Å². The zero-order chi connectivity index (χ0) is 11.2. The van der Waals surface area contributed by atoms with Gasteiger partial charge in [-0.25, -0.2) is 4.79 Å². The molecule has 0 bridgehead atoms. The Bertz CT molecular complexity index is 197. The lowest BCUT2D eigenvalue weighted by Crippen LogP contribution is -2.29. The van der Waals surface area contributed by atoms with Crippen LogP contribution in [0.4, 0.5) is 0 Å². The maximum Gasteiger partial charge on any atom is 0.330 e. The Morgan fingerprint density at radius 1 is 1.50 bits per heavy atom. The van der Waals surface area contributed by atoms with E-state index in [0.29, 0.717) is 6.61 Å². The molecule has 0 saturated heterocycles. The lowest BCUT2D eigenvalue weighted by atomic mass is 10.5. The molecule has 0 aliphatic carbocycles. The molecule has 0 aromatic rings. The van der Waals surface area contributed by atoms with Crippen LogP contribution >= 0.6 is 0 Å². The van der Waals surface area contributed by atoms with E-state index in [1.165, 1.54) is 12.1 Å². The van der Waals surface area contributed by atoms with E-state index in [1.807, 2.05) is 0 Å². The minimum Gasteiger partial charge on any atom is -0.463 e. The van der Waals surface area contributed by atoms with Crippen LogP contribution in [0, 0.1) is 0 Å². The molecule has 0 amide bonds. The molecule has 0 heterocycles. The van der Waals surface area contributed by atoms with Crippen molar-refractivity contribution in [1.82, 2.24) is 0 Å². The van der Waals surface area contributed by atoms with Crippen molar-refractivity contribution in [3.05, 3.63) is 12.7 Å². The quantitative estimate of drug-likeness (QED) is 0.294. The van der Waals surface area contributed by atoms with Gasteiger partial charge in [-0.05, 0) is 6.42 Å². The smallest absolute Gasteiger partial charge is 0.330 e. The summed E-state index contributed by atoms with van der Waals surface area (Å²) in [5.41, 5.74) is 0.789. The Balaban J connectivity index is 3.64. The number of rotatable bonds is 6. The zero-order valence-electron chi connectivity index (χ0n) is 9.80. The summed E-state index contributed by atoms with van der Waals surface area (Å²) < 4.78 is 4.93. The minimum absolute atomic E-state index is 0.311. The zero-order valence-corrected chi connectivity index (χ0v) is 10.8. The van der Waals surface area contributed by atoms with Gasteiger partial charge in [-0.15, -0.1) is 0 Å². The fourth-order valence-corrected chi connectivity index (χ4v) is 2.68. The van der Waals surface area contributed by atoms with Crippen molar-refractivity contribution in [3.63, 3.8) is 0 Å². The lowest BCUT2D eigenvalue weighted by Gasteiger charge is -2.26. The summed E-state index contributed by atoms with van der Waals surface area (Å²) in [6.07, 6.45) is 2.20. The summed E-state index contributed by atoms with van der Waals surface area (Å²) in [6.45, 7) is 13.2. The maximum absolute atomic E-state index is 10.7. The third-order valence-corrected chi connectivity index (χ3v) is 7.71. The third kappa shape index (κ3) is 5.22. The van der Waals surface area contributed by atoms with Crippen LogP contribution in [0.15, 0.2) is 12.7 Å². The van der Waals surface area contributed by atoms with Crippen molar-refractivity contribution in [2.24, 2.45) is 0 Å². The predicted molar refractivity (Wildman–Crippen MR) is 63.2 cm³/mol. The van der Waals surface area contributed by atoms with Gasteiger partial charge in [0.1, 0.15) is 0 Å². The Hall–Kier alpha value is -0.573. The highest BCUT2D eigenvalue weighted by Gasteiger charge is 2.23. The summed E-state index contributed by atoms with van der Waals surface area (Å²) in [5.74, 6) is -0.311. The molecule has 0 unspecified atom stereocenters. The van der Waals surface area contributed by atoms with E-state index < -0.39 is 8.07 Å². The van der Waals surface area contributed by atoms with Gasteiger partial charge < -0.3 is 4.74 Å². The molecular weight excluding hydrogens is 192 g/mol. The highest BCUT2D eigenvalue weighted by atomic mass is 28.3. The number of carbonyl (C=O) groups excluding carboxylic acids is 1. The monoisotopic (exact) mass is 214 g/mol. The summed E-state index contributed by atoms with van der Waals surface area (Å²) in [6, 6.07) is 1.22. The van der Waals surface area contributed by atoms with Crippen LogP contribution in [0.2, 0.25) is 24.7 Å². The van der Waals surface area contributed by atoms with Crippen molar-refractivity contribution in [2.75, 3.05) is 6.61 Å². The highest BCUT2D eigenvalue weighted by molar-refractivity contribution is 6.78. The van der Waals surface area contributed by atoms with E-state index in [9.17, 15) is 4.79 Å². The van der Waals surface area contributed by atoms with E-state index in [0.717, 1.165) is 12.0 Å². The standard InChI is InChI=1S/C11H22O2Si/c1-6-11(12)13-8-7-9-14(4,5)10(2)3/h6,10H,1,7-9H2,2-5H3. The van der Waals surface area contributed by atoms with Crippen molar-refractivity contribution >= 4 is 14.0 Å². The highest BCUT2D eigenvalue weighted by Crippen LogP contribution is 2.25. The van der Waals surface area contributed by atoms with Gasteiger partial charge in [-0.3, -0.25) is 0 Å². The normalized spacial score (nSPS) is 11.5. The average Bonchev–Trinajstić information content (AvgIpc) is 2.11. The first-order chi connectivity index (χ1) is 6.40. The number of ether oxygens (including phenoxy) is 1. The van der Waals surface area contributed by atoms with Crippen molar-refractivity contribution in [3.8, 4) is 0 Å². The molecule has 0 aromatic heterocycles. The summed E-state index contributed by atoms with van der Waals surface area (Å²) in [4.78, 5) is 10.7. The molecule has 0 saturated carbocycles. The summed E-state index contributed by atoms with van der Waals surface area (Å²) in [5, 5.41) is 0. The molecule has 0 fully saturated rings. The van der Waals surface area contributed by atoms with E-state index in [1.54, 1.807) is 0 Å². The fourth-order valence-electron chi connectivity index (χ4n) is 1.05. The molecule has 0 aromatic carbocycles. The molecule has 14 heavy (non-hydrogen) atoms. The first kappa shape index (κ1) is 13.4. The topological polar surface area (TPSA) is 26.3 Å². The van der Waals surface area contributed by atoms with Gasteiger partial charge in [-0.1, -0.05) is 45.1 Å². The van der Waals surface area contributed by atoms with Crippen LogP contribution in [-0.2, 0) is 9.53 Å².